The molecular weight excluding hydrogens is 262 g/mol. The number of hydrogen-bond donors (Lipinski definition) is 2. The monoisotopic (exact) mass is 279 g/mol. The Hall–Kier alpha value is -2.22. The van der Waals surface area contributed by atoms with Gasteiger partial charge in [-0.25, -0.2) is 4.98 Å². The number of rotatable bonds is 5. The number of likely N-dealkylation sites (tertiary alicyclic amines) is 1. The Morgan fingerprint density at radius 1 is 1.50 bits per heavy atom. The quantitative estimate of drug-likeness (QED) is 0.595. The molecule has 0 saturated carbocycles. The van der Waals surface area contributed by atoms with Crippen molar-refractivity contribution in [2.24, 2.45) is 0 Å². The number of aromatic nitrogens is 1. The minimum absolute atomic E-state index is 0.00530. The molecule has 0 atom stereocenters. The molecule has 8 nitrogen and oxygen atoms in total. The summed E-state index contributed by atoms with van der Waals surface area (Å²) < 4.78 is 0. The van der Waals surface area contributed by atoms with Crippen molar-refractivity contribution < 1.29 is 9.72 Å². The molecule has 1 aliphatic rings. The maximum atomic E-state index is 11.9. The van der Waals surface area contributed by atoms with Crippen LogP contribution in [0.2, 0.25) is 0 Å². The molecule has 1 aromatic rings. The van der Waals surface area contributed by atoms with Crippen LogP contribution in [0.1, 0.15) is 23.2 Å². The molecule has 2 heterocycles. The topological polar surface area (TPSA) is 114 Å². The van der Waals surface area contributed by atoms with E-state index in [4.69, 9.17) is 5.73 Å². The van der Waals surface area contributed by atoms with E-state index in [0.717, 1.165) is 31.9 Å². The molecule has 1 aromatic heterocycles. The van der Waals surface area contributed by atoms with Crippen LogP contribution in [0.4, 0.5) is 11.5 Å². The van der Waals surface area contributed by atoms with Crippen molar-refractivity contribution in [1.82, 2.24) is 15.2 Å². The number of amides is 1. The van der Waals surface area contributed by atoms with Crippen molar-refractivity contribution in [2.45, 2.75) is 12.8 Å². The summed E-state index contributed by atoms with van der Waals surface area (Å²) in [6.45, 7) is 3.36. The summed E-state index contributed by atoms with van der Waals surface area (Å²) in [5.41, 5.74) is 5.38. The zero-order chi connectivity index (χ0) is 14.5. The number of nitro groups is 1. The average molecular weight is 279 g/mol. The molecule has 1 fully saturated rings. The van der Waals surface area contributed by atoms with Crippen LogP contribution in [-0.2, 0) is 0 Å². The lowest BCUT2D eigenvalue weighted by atomic mass is 10.2. The maximum absolute atomic E-state index is 11.9. The first-order valence-electron chi connectivity index (χ1n) is 6.48. The molecule has 3 N–H and O–H groups in total. The van der Waals surface area contributed by atoms with E-state index in [1.165, 1.54) is 12.8 Å². The van der Waals surface area contributed by atoms with Gasteiger partial charge in [0.1, 0.15) is 12.0 Å². The SMILES string of the molecule is Nc1ncc([N+](=O)[O-])cc1C(=O)NCCN1CCCC1. The molecule has 0 spiro atoms. The van der Waals surface area contributed by atoms with Gasteiger partial charge in [0.15, 0.2) is 0 Å². The third-order valence-electron chi connectivity index (χ3n) is 3.27. The summed E-state index contributed by atoms with van der Waals surface area (Å²) >= 11 is 0. The van der Waals surface area contributed by atoms with Gasteiger partial charge >= 0.3 is 0 Å². The summed E-state index contributed by atoms with van der Waals surface area (Å²) in [5, 5.41) is 13.4. The lowest BCUT2D eigenvalue weighted by Gasteiger charge is -2.14. The minimum atomic E-state index is -0.604. The summed E-state index contributed by atoms with van der Waals surface area (Å²) in [4.78, 5) is 27.9. The fourth-order valence-corrected chi connectivity index (χ4v) is 2.18. The number of carbonyl (C=O) groups excluding carboxylic acids is 1. The van der Waals surface area contributed by atoms with E-state index >= 15 is 0 Å². The van der Waals surface area contributed by atoms with E-state index in [2.05, 4.69) is 15.2 Å². The number of nitrogens with zero attached hydrogens (tertiary/aromatic N) is 3. The van der Waals surface area contributed by atoms with Gasteiger partial charge in [0, 0.05) is 19.2 Å². The fraction of sp³-hybridized carbons (Fsp3) is 0.500. The van der Waals surface area contributed by atoms with Gasteiger partial charge in [0.2, 0.25) is 0 Å². The molecule has 8 heteroatoms. The van der Waals surface area contributed by atoms with Crippen LogP contribution >= 0.6 is 0 Å². The molecule has 1 aliphatic heterocycles. The van der Waals surface area contributed by atoms with Crippen molar-refractivity contribution >= 4 is 17.4 Å². The van der Waals surface area contributed by atoms with Crippen molar-refractivity contribution in [2.75, 3.05) is 31.9 Å². The van der Waals surface area contributed by atoms with Gasteiger partial charge in [-0.05, 0) is 25.9 Å². The zero-order valence-corrected chi connectivity index (χ0v) is 11.0. The second-order valence-electron chi connectivity index (χ2n) is 4.69. The Morgan fingerprint density at radius 3 is 2.85 bits per heavy atom. The van der Waals surface area contributed by atoms with Crippen LogP contribution in [0.3, 0.4) is 0 Å². The Bertz CT molecular complexity index is 514. The lowest BCUT2D eigenvalue weighted by molar-refractivity contribution is -0.385. The highest BCUT2D eigenvalue weighted by atomic mass is 16.6. The molecule has 0 radical (unpaired) electrons. The molecule has 0 aromatic carbocycles. The van der Waals surface area contributed by atoms with Crippen molar-refractivity contribution in [1.29, 1.82) is 0 Å². The van der Waals surface area contributed by atoms with Crippen LogP contribution in [0.15, 0.2) is 12.3 Å². The summed E-state index contributed by atoms with van der Waals surface area (Å²) in [6, 6.07) is 1.15. The number of nitrogen functional groups attached to an aromatic ring is 1. The van der Waals surface area contributed by atoms with E-state index in [-0.39, 0.29) is 17.1 Å². The van der Waals surface area contributed by atoms with Crippen LogP contribution in [0, 0.1) is 10.1 Å². The predicted molar refractivity (Wildman–Crippen MR) is 73.3 cm³/mol. The molecule has 1 saturated heterocycles. The summed E-state index contributed by atoms with van der Waals surface area (Å²) in [7, 11) is 0. The van der Waals surface area contributed by atoms with Crippen LogP contribution < -0.4 is 11.1 Å². The number of carbonyl (C=O) groups is 1. The van der Waals surface area contributed by atoms with Crippen LogP contribution in [0.25, 0.3) is 0 Å². The Kier molecular flexibility index (Phi) is 4.46. The lowest BCUT2D eigenvalue weighted by Crippen LogP contribution is -2.33. The van der Waals surface area contributed by atoms with Gasteiger partial charge in [-0.2, -0.15) is 0 Å². The van der Waals surface area contributed by atoms with Gasteiger partial charge in [0.05, 0.1) is 10.5 Å². The van der Waals surface area contributed by atoms with E-state index in [0.29, 0.717) is 6.54 Å². The van der Waals surface area contributed by atoms with Gasteiger partial charge < -0.3 is 16.0 Å². The Balaban J connectivity index is 1.94. The highest BCUT2D eigenvalue weighted by Gasteiger charge is 2.17. The van der Waals surface area contributed by atoms with Crippen molar-refractivity contribution in [3.05, 3.63) is 27.9 Å². The zero-order valence-electron chi connectivity index (χ0n) is 11.0. The number of nitrogens with two attached hydrogens (primary N) is 1. The molecule has 1 amide bonds. The number of anilines is 1. The normalized spacial score (nSPS) is 15.2. The van der Waals surface area contributed by atoms with E-state index < -0.39 is 10.8 Å². The van der Waals surface area contributed by atoms with Crippen LogP contribution in [-0.4, -0.2) is 46.9 Å². The Morgan fingerprint density at radius 2 is 2.20 bits per heavy atom. The highest BCUT2D eigenvalue weighted by Crippen LogP contribution is 2.16. The van der Waals surface area contributed by atoms with Crippen molar-refractivity contribution in [3.8, 4) is 0 Å². The minimum Gasteiger partial charge on any atom is -0.383 e. The molecule has 2 rings (SSSR count). The molecule has 20 heavy (non-hydrogen) atoms. The van der Waals surface area contributed by atoms with Gasteiger partial charge in [-0.3, -0.25) is 14.9 Å². The predicted octanol–water partition coefficient (Wildman–Crippen LogP) is 0.398. The van der Waals surface area contributed by atoms with E-state index in [1.54, 1.807) is 0 Å². The molecule has 0 bridgehead atoms. The molecule has 0 aliphatic carbocycles. The van der Waals surface area contributed by atoms with E-state index in [9.17, 15) is 14.9 Å². The largest absolute Gasteiger partial charge is 0.383 e. The second-order valence-corrected chi connectivity index (χ2v) is 4.69. The number of nitrogens with one attached hydrogen (secondary N) is 1. The first-order chi connectivity index (χ1) is 9.58. The first kappa shape index (κ1) is 14.2. The summed E-state index contributed by atoms with van der Waals surface area (Å²) in [5.74, 6) is -0.438. The third kappa shape index (κ3) is 3.41. The van der Waals surface area contributed by atoms with E-state index in [1.807, 2.05) is 0 Å². The standard InChI is InChI=1S/C12H17N5O3/c13-11-10(7-9(8-15-11)17(19)20)12(18)14-3-6-16-4-1-2-5-16/h7-8H,1-6H2,(H2,13,15)(H,14,18). The van der Waals surface area contributed by atoms with Gasteiger partial charge in [-0.15, -0.1) is 0 Å². The second kappa shape index (κ2) is 6.29. The first-order valence-corrected chi connectivity index (χ1v) is 6.48. The summed E-state index contributed by atoms with van der Waals surface area (Å²) in [6.07, 6.45) is 3.42. The molecule has 0 unspecified atom stereocenters. The maximum Gasteiger partial charge on any atom is 0.288 e. The molecular formula is C12H17N5O3. The fourth-order valence-electron chi connectivity index (χ4n) is 2.18. The highest BCUT2D eigenvalue weighted by molar-refractivity contribution is 5.98. The number of hydrogen-bond acceptors (Lipinski definition) is 6. The third-order valence-corrected chi connectivity index (χ3v) is 3.27. The Labute approximate surface area is 116 Å². The number of pyridine rings is 1. The smallest absolute Gasteiger partial charge is 0.288 e. The van der Waals surface area contributed by atoms with Crippen LogP contribution in [0.5, 0.6) is 0 Å². The van der Waals surface area contributed by atoms with Crippen molar-refractivity contribution in [3.63, 3.8) is 0 Å². The molecule has 108 valence electrons. The van der Waals surface area contributed by atoms with Gasteiger partial charge in [0.25, 0.3) is 11.6 Å². The van der Waals surface area contributed by atoms with Gasteiger partial charge in [-0.1, -0.05) is 0 Å². The average Bonchev–Trinajstić information content (AvgIpc) is 2.92.